The minimum atomic E-state index is -0.201. The molecule has 3 nitrogen and oxygen atoms in total. The van der Waals surface area contributed by atoms with E-state index in [9.17, 15) is 5.11 Å². The minimum Gasteiger partial charge on any atom is -0.392 e. The highest BCUT2D eigenvalue weighted by Crippen LogP contribution is 2.30. The first-order valence-corrected chi connectivity index (χ1v) is 8.94. The van der Waals surface area contributed by atoms with Crippen LogP contribution in [0, 0.1) is 5.92 Å². The molecule has 0 amide bonds. The predicted molar refractivity (Wildman–Crippen MR) is 91.0 cm³/mol. The lowest BCUT2D eigenvalue weighted by Gasteiger charge is -2.34. The molecule has 1 fully saturated rings. The van der Waals surface area contributed by atoms with Gasteiger partial charge in [0, 0.05) is 12.6 Å². The summed E-state index contributed by atoms with van der Waals surface area (Å²) in [5.41, 5.74) is 3.07. The number of nitrogens with zero attached hydrogens (tertiary/aromatic N) is 1. The summed E-state index contributed by atoms with van der Waals surface area (Å²) in [4.78, 5) is 2.40. The normalized spacial score (nSPS) is 24.9. The van der Waals surface area contributed by atoms with Crippen LogP contribution in [0.15, 0.2) is 24.3 Å². The van der Waals surface area contributed by atoms with Crippen LogP contribution >= 0.6 is 0 Å². The van der Waals surface area contributed by atoms with Gasteiger partial charge in [0.05, 0.1) is 6.10 Å². The summed E-state index contributed by atoms with van der Waals surface area (Å²) in [6.45, 7) is 6.13. The van der Waals surface area contributed by atoms with E-state index < -0.39 is 0 Å². The summed E-state index contributed by atoms with van der Waals surface area (Å²) in [7, 11) is 0. The molecule has 1 aliphatic heterocycles. The summed E-state index contributed by atoms with van der Waals surface area (Å²) < 4.78 is 0. The van der Waals surface area contributed by atoms with E-state index in [1.54, 1.807) is 0 Å². The lowest BCUT2D eigenvalue weighted by Crippen LogP contribution is -2.41. The molecule has 0 unspecified atom stereocenters. The number of aliphatic hydroxyl groups excluding tert-OH is 1. The molecule has 1 aliphatic carbocycles. The van der Waals surface area contributed by atoms with Crippen molar-refractivity contribution in [3.05, 3.63) is 35.4 Å². The minimum absolute atomic E-state index is 0.201. The first kappa shape index (κ1) is 16.0. The zero-order valence-electron chi connectivity index (χ0n) is 13.8. The number of likely N-dealkylation sites (tertiary alicyclic amines) is 1. The molecule has 2 N–H and O–H groups in total. The largest absolute Gasteiger partial charge is 0.392 e. The molecule has 1 aromatic rings. The molecule has 3 rings (SSSR count). The van der Waals surface area contributed by atoms with E-state index >= 15 is 0 Å². The van der Waals surface area contributed by atoms with Gasteiger partial charge in [-0.15, -0.1) is 0 Å². The van der Waals surface area contributed by atoms with Crippen molar-refractivity contribution in [1.29, 1.82) is 0 Å². The molecule has 2 aliphatic rings. The number of aryl methyl sites for hydroxylation is 1. The lowest BCUT2D eigenvalue weighted by molar-refractivity contribution is 0.0991. The van der Waals surface area contributed by atoms with Crippen LogP contribution in [0.1, 0.15) is 49.8 Å². The maximum atomic E-state index is 9.48. The summed E-state index contributed by atoms with van der Waals surface area (Å²) in [6, 6.07) is 9.49. The Morgan fingerprint density at radius 2 is 2.00 bits per heavy atom. The van der Waals surface area contributed by atoms with Crippen molar-refractivity contribution in [2.45, 2.75) is 51.2 Å². The van der Waals surface area contributed by atoms with Crippen LogP contribution in [-0.4, -0.2) is 42.3 Å². The number of β-amino-alcohol motifs (C(OH)–C–C–N with tert-alkyl or cyclic N) is 1. The number of hydrogen-bond acceptors (Lipinski definition) is 3. The molecule has 0 bridgehead atoms. The van der Waals surface area contributed by atoms with Crippen molar-refractivity contribution in [3.8, 4) is 0 Å². The molecule has 22 heavy (non-hydrogen) atoms. The van der Waals surface area contributed by atoms with E-state index in [2.05, 4.69) is 34.5 Å². The van der Waals surface area contributed by atoms with E-state index in [1.807, 2.05) is 6.92 Å². The quantitative estimate of drug-likeness (QED) is 0.878. The van der Waals surface area contributed by atoms with E-state index in [0.717, 1.165) is 32.1 Å². The Kier molecular flexibility index (Phi) is 5.51. The second kappa shape index (κ2) is 7.58. The summed E-state index contributed by atoms with van der Waals surface area (Å²) in [5, 5.41) is 13.3. The van der Waals surface area contributed by atoms with Gasteiger partial charge in [-0.3, -0.25) is 0 Å². The van der Waals surface area contributed by atoms with Crippen LogP contribution in [-0.2, 0) is 6.42 Å². The van der Waals surface area contributed by atoms with Crippen molar-refractivity contribution in [1.82, 2.24) is 10.2 Å². The molecule has 0 saturated carbocycles. The standard InChI is InChI=1S/C19H30N2O/c1-15(22)14-21-11-9-16(10-12-21)13-20-19-8-4-6-17-5-2-3-7-18(17)19/h2-3,5,7,15-16,19-20,22H,4,6,8-14H2,1H3/t15-,19+/m0/s1. The van der Waals surface area contributed by atoms with E-state index in [-0.39, 0.29) is 6.10 Å². The van der Waals surface area contributed by atoms with Crippen molar-refractivity contribution in [3.63, 3.8) is 0 Å². The number of rotatable bonds is 5. The molecule has 0 spiro atoms. The number of fused-ring (bicyclic) bond motifs is 1. The third-order valence-corrected chi connectivity index (χ3v) is 5.25. The van der Waals surface area contributed by atoms with Crippen molar-refractivity contribution in [2.24, 2.45) is 5.92 Å². The zero-order valence-corrected chi connectivity index (χ0v) is 13.8. The van der Waals surface area contributed by atoms with Crippen molar-refractivity contribution < 1.29 is 5.11 Å². The van der Waals surface area contributed by atoms with Crippen molar-refractivity contribution >= 4 is 0 Å². The third kappa shape index (κ3) is 4.09. The van der Waals surface area contributed by atoms with Crippen molar-refractivity contribution in [2.75, 3.05) is 26.2 Å². The van der Waals surface area contributed by atoms with Gasteiger partial charge in [0.25, 0.3) is 0 Å². The van der Waals surface area contributed by atoms with Gasteiger partial charge in [-0.25, -0.2) is 0 Å². The number of piperidine rings is 1. The second-order valence-electron chi connectivity index (χ2n) is 7.14. The third-order valence-electron chi connectivity index (χ3n) is 5.25. The molecular weight excluding hydrogens is 272 g/mol. The fourth-order valence-corrected chi connectivity index (χ4v) is 4.02. The fraction of sp³-hybridized carbons (Fsp3) is 0.684. The summed E-state index contributed by atoms with van der Waals surface area (Å²) >= 11 is 0. The predicted octanol–water partition coefficient (Wildman–Crippen LogP) is 2.75. The highest BCUT2D eigenvalue weighted by atomic mass is 16.3. The van der Waals surface area contributed by atoms with Crippen LogP contribution in [0.3, 0.4) is 0 Å². The Hall–Kier alpha value is -0.900. The number of nitrogens with one attached hydrogen (secondary N) is 1. The first-order chi connectivity index (χ1) is 10.7. The molecule has 0 aromatic heterocycles. The highest BCUT2D eigenvalue weighted by molar-refractivity contribution is 5.32. The molecule has 1 aromatic carbocycles. The number of benzene rings is 1. The lowest BCUT2D eigenvalue weighted by atomic mass is 9.87. The molecular formula is C19H30N2O. The smallest absolute Gasteiger partial charge is 0.0639 e. The molecule has 2 atom stereocenters. The first-order valence-electron chi connectivity index (χ1n) is 8.94. The molecule has 1 saturated heterocycles. The van der Waals surface area contributed by atoms with Gasteiger partial charge in [0.15, 0.2) is 0 Å². The maximum absolute atomic E-state index is 9.48. The highest BCUT2D eigenvalue weighted by Gasteiger charge is 2.23. The Balaban J connectivity index is 1.46. The van der Waals surface area contributed by atoms with E-state index in [4.69, 9.17) is 0 Å². The molecule has 122 valence electrons. The van der Waals surface area contributed by atoms with Gasteiger partial charge in [-0.1, -0.05) is 24.3 Å². The van der Waals surface area contributed by atoms with Gasteiger partial charge in [0.2, 0.25) is 0 Å². The van der Waals surface area contributed by atoms with Crippen LogP contribution < -0.4 is 5.32 Å². The Bertz CT molecular complexity index is 466. The van der Waals surface area contributed by atoms with Gasteiger partial charge in [-0.2, -0.15) is 0 Å². The summed E-state index contributed by atoms with van der Waals surface area (Å²) in [6.07, 6.45) is 6.14. The number of hydrogen-bond donors (Lipinski definition) is 2. The second-order valence-corrected chi connectivity index (χ2v) is 7.14. The Morgan fingerprint density at radius 3 is 2.77 bits per heavy atom. The Morgan fingerprint density at radius 1 is 1.23 bits per heavy atom. The fourth-order valence-electron chi connectivity index (χ4n) is 4.02. The molecule has 1 heterocycles. The molecule has 0 radical (unpaired) electrons. The van der Waals surface area contributed by atoms with Gasteiger partial charge in [0.1, 0.15) is 0 Å². The molecule has 3 heteroatoms. The van der Waals surface area contributed by atoms with E-state index in [0.29, 0.717) is 6.04 Å². The van der Waals surface area contributed by atoms with E-state index in [1.165, 1.54) is 43.2 Å². The van der Waals surface area contributed by atoms with Gasteiger partial charge < -0.3 is 15.3 Å². The van der Waals surface area contributed by atoms with Crippen LogP contribution in [0.5, 0.6) is 0 Å². The van der Waals surface area contributed by atoms with Gasteiger partial charge >= 0.3 is 0 Å². The van der Waals surface area contributed by atoms with Crippen LogP contribution in [0.25, 0.3) is 0 Å². The maximum Gasteiger partial charge on any atom is 0.0639 e. The number of aliphatic hydroxyl groups is 1. The average molecular weight is 302 g/mol. The van der Waals surface area contributed by atoms with Crippen LogP contribution in [0.4, 0.5) is 0 Å². The average Bonchev–Trinajstić information content (AvgIpc) is 2.54. The summed E-state index contributed by atoms with van der Waals surface area (Å²) in [5.74, 6) is 0.791. The SMILES string of the molecule is C[C@H](O)CN1CCC(CN[C@@H]2CCCc3ccccc32)CC1. The monoisotopic (exact) mass is 302 g/mol. The zero-order chi connectivity index (χ0) is 15.4. The van der Waals surface area contributed by atoms with Crippen LogP contribution in [0.2, 0.25) is 0 Å². The Labute approximate surface area is 134 Å². The van der Waals surface area contributed by atoms with Gasteiger partial charge in [-0.05, 0) is 75.7 Å². The topological polar surface area (TPSA) is 35.5 Å².